The molecule has 2 aliphatic rings. The lowest BCUT2D eigenvalue weighted by Crippen LogP contribution is -2.52. The normalized spacial score (nSPS) is 19.5. The maximum absolute atomic E-state index is 13.0. The molecule has 0 N–H and O–H groups in total. The molecule has 0 aliphatic carbocycles. The van der Waals surface area contributed by atoms with E-state index in [-0.39, 0.29) is 34.8 Å². The van der Waals surface area contributed by atoms with E-state index >= 15 is 0 Å². The fraction of sp³-hybridized carbons (Fsp3) is 0.350. The second-order valence-corrected chi connectivity index (χ2v) is 10.6. The van der Waals surface area contributed by atoms with Crippen LogP contribution < -0.4 is 0 Å². The third kappa shape index (κ3) is 3.94. The first-order valence-corrected chi connectivity index (χ1v) is 11.9. The van der Waals surface area contributed by atoms with Crippen molar-refractivity contribution in [1.29, 1.82) is 0 Å². The monoisotopic (exact) mass is 447 g/mol. The number of nitro groups is 1. The number of thioether (sulfide) groups is 1. The molecular formula is C20H21N3O5S2. The van der Waals surface area contributed by atoms with Gasteiger partial charge in [0.05, 0.1) is 15.1 Å². The summed E-state index contributed by atoms with van der Waals surface area (Å²) in [5.41, 5.74) is 2.19. The minimum Gasteiger partial charge on any atom is -0.339 e. The minimum absolute atomic E-state index is 0.0186. The smallest absolute Gasteiger partial charge is 0.269 e. The van der Waals surface area contributed by atoms with E-state index in [0.29, 0.717) is 19.5 Å². The van der Waals surface area contributed by atoms with Gasteiger partial charge in [-0.2, -0.15) is 4.31 Å². The average Bonchev–Trinajstić information content (AvgIpc) is 3.16. The van der Waals surface area contributed by atoms with E-state index in [1.165, 1.54) is 39.7 Å². The number of carbonyl (C=O) groups is 1. The highest BCUT2D eigenvalue weighted by molar-refractivity contribution is 8.01. The quantitative estimate of drug-likeness (QED) is 0.527. The molecule has 2 aromatic rings. The lowest BCUT2D eigenvalue weighted by molar-refractivity contribution is -0.384. The first-order chi connectivity index (χ1) is 14.3. The van der Waals surface area contributed by atoms with Crippen LogP contribution in [-0.2, 0) is 21.2 Å². The molecular weight excluding hydrogens is 426 g/mol. The summed E-state index contributed by atoms with van der Waals surface area (Å²) in [5.74, 6) is 0.0428. The second-order valence-electron chi connectivity index (χ2n) is 7.40. The van der Waals surface area contributed by atoms with Crippen LogP contribution >= 0.6 is 11.8 Å². The van der Waals surface area contributed by atoms with Gasteiger partial charge in [0.2, 0.25) is 15.9 Å². The molecule has 1 fully saturated rings. The summed E-state index contributed by atoms with van der Waals surface area (Å²) >= 11 is 1.58. The van der Waals surface area contributed by atoms with Gasteiger partial charge in [0, 0.05) is 43.2 Å². The molecule has 30 heavy (non-hydrogen) atoms. The van der Waals surface area contributed by atoms with Crippen molar-refractivity contribution in [3.8, 4) is 0 Å². The Bertz CT molecular complexity index is 1090. The van der Waals surface area contributed by atoms with E-state index in [2.05, 4.69) is 12.1 Å². The number of benzene rings is 2. The molecule has 0 aromatic heterocycles. The van der Waals surface area contributed by atoms with Gasteiger partial charge in [0.25, 0.3) is 5.69 Å². The standard InChI is InChI=1S/C20H21N3O5S2/c1-14-2-3-15-13-19(29-18(15)12-14)20(24)21-8-10-22(11-9-21)30(27,28)17-6-4-16(5-7-17)23(25)26/h2-7,12,19H,8-11,13H2,1H3. The van der Waals surface area contributed by atoms with Crippen LogP contribution in [0.1, 0.15) is 11.1 Å². The van der Waals surface area contributed by atoms with Crippen molar-refractivity contribution in [3.05, 3.63) is 63.7 Å². The summed E-state index contributed by atoms with van der Waals surface area (Å²) in [5, 5.41) is 10.6. The Balaban J connectivity index is 1.39. The van der Waals surface area contributed by atoms with E-state index in [4.69, 9.17) is 0 Å². The number of hydrogen-bond donors (Lipinski definition) is 0. The summed E-state index contributed by atoms with van der Waals surface area (Å²) in [4.78, 5) is 26.1. The molecule has 1 saturated heterocycles. The lowest BCUT2D eigenvalue weighted by Gasteiger charge is -2.35. The van der Waals surface area contributed by atoms with Crippen LogP contribution in [0.15, 0.2) is 52.3 Å². The number of rotatable bonds is 4. The van der Waals surface area contributed by atoms with Gasteiger partial charge in [0.15, 0.2) is 0 Å². The minimum atomic E-state index is -3.75. The Morgan fingerprint density at radius 3 is 2.40 bits per heavy atom. The van der Waals surface area contributed by atoms with E-state index in [0.717, 1.165) is 4.90 Å². The number of hydrogen-bond acceptors (Lipinski definition) is 6. The highest BCUT2D eigenvalue weighted by Gasteiger charge is 2.35. The van der Waals surface area contributed by atoms with Crippen LogP contribution in [0.5, 0.6) is 0 Å². The number of nitrogens with zero attached hydrogens (tertiary/aromatic N) is 3. The number of carbonyl (C=O) groups excluding carboxylic acids is 1. The predicted molar refractivity (Wildman–Crippen MR) is 113 cm³/mol. The zero-order valence-corrected chi connectivity index (χ0v) is 18.0. The Hall–Kier alpha value is -2.43. The van der Waals surface area contributed by atoms with Crippen LogP contribution in [0, 0.1) is 17.0 Å². The molecule has 158 valence electrons. The highest BCUT2D eigenvalue weighted by atomic mass is 32.2. The highest BCUT2D eigenvalue weighted by Crippen LogP contribution is 2.38. The molecule has 0 radical (unpaired) electrons. The van der Waals surface area contributed by atoms with Crippen molar-refractivity contribution >= 4 is 33.4 Å². The van der Waals surface area contributed by atoms with Crippen LogP contribution in [0.2, 0.25) is 0 Å². The van der Waals surface area contributed by atoms with Gasteiger partial charge in [-0.15, -0.1) is 11.8 Å². The molecule has 1 amide bonds. The Morgan fingerprint density at radius 2 is 1.77 bits per heavy atom. The maximum Gasteiger partial charge on any atom is 0.269 e. The van der Waals surface area contributed by atoms with Crippen molar-refractivity contribution in [2.24, 2.45) is 0 Å². The SMILES string of the molecule is Cc1ccc2c(c1)SC(C(=O)N1CCN(S(=O)(=O)c3ccc([N+](=O)[O-])cc3)CC1)C2. The zero-order valence-electron chi connectivity index (χ0n) is 16.4. The van der Waals surface area contributed by atoms with Crippen LogP contribution in [0.3, 0.4) is 0 Å². The van der Waals surface area contributed by atoms with Crippen molar-refractivity contribution in [2.45, 2.75) is 28.4 Å². The summed E-state index contributed by atoms with van der Waals surface area (Å²) in [7, 11) is -3.75. The fourth-order valence-corrected chi connectivity index (χ4v) is 6.51. The van der Waals surface area contributed by atoms with Gasteiger partial charge >= 0.3 is 0 Å². The van der Waals surface area contributed by atoms with Gasteiger partial charge in [-0.05, 0) is 37.1 Å². The van der Waals surface area contributed by atoms with E-state index in [9.17, 15) is 23.3 Å². The Kier molecular flexibility index (Phi) is 5.56. The molecule has 0 bridgehead atoms. The molecule has 0 spiro atoms. The van der Waals surface area contributed by atoms with E-state index in [1.54, 1.807) is 16.7 Å². The number of amides is 1. The number of non-ortho nitro benzene ring substituents is 1. The van der Waals surface area contributed by atoms with Gasteiger partial charge in [-0.1, -0.05) is 17.7 Å². The van der Waals surface area contributed by atoms with Crippen molar-refractivity contribution in [3.63, 3.8) is 0 Å². The molecule has 10 heteroatoms. The van der Waals surface area contributed by atoms with Gasteiger partial charge in [-0.3, -0.25) is 14.9 Å². The zero-order chi connectivity index (χ0) is 21.5. The Labute approximate surface area is 179 Å². The molecule has 1 atom stereocenters. The van der Waals surface area contributed by atoms with Gasteiger partial charge in [-0.25, -0.2) is 8.42 Å². The van der Waals surface area contributed by atoms with Crippen LogP contribution in [0.25, 0.3) is 0 Å². The average molecular weight is 448 g/mol. The van der Waals surface area contributed by atoms with Gasteiger partial charge < -0.3 is 4.90 Å². The first kappa shape index (κ1) is 20.8. The topological polar surface area (TPSA) is 101 Å². The predicted octanol–water partition coefficient (Wildman–Crippen LogP) is 2.45. The molecule has 8 nitrogen and oxygen atoms in total. The molecule has 1 unspecified atom stereocenters. The third-order valence-electron chi connectivity index (χ3n) is 5.41. The maximum atomic E-state index is 13.0. The van der Waals surface area contributed by atoms with E-state index < -0.39 is 14.9 Å². The molecule has 0 saturated carbocycles. The Morgan fingerprint density at radius 1 is 1.10 bits per heavy atom. The van der Waals surface area contributed by atoms with Crippen molar-refractivity contribution < 1.29 is 18.1 Å². The number of piperazine rings is 1. The van der Waals surface area contributed by atoms with E-state index in [1.807, 2.05) is 13.0 Å². The summed E-state index contributed by atoms with van der Waals surface area (Å²) in [6.07, 6.45) is 0.695. The number of aryl methyl sites for hydroxylation is 1. The molecule has 4 rings (SSSR count). The molecule has 2 aromatic carbocycles. The molecule has 2 aliphatic heterocycles. The largest absolute Gasteiger partial charge is 0.339 e. The fourth-order valence-electron chi connectivity index (χ4n) is 3.71. The first-order valence-electron chi connectivity index (χ1n) is 9.55. The summed E-state index contributed by atoms with van der Waals surface area (Å²) < 4.78 is 27.0. The van der Waals surface area contributed by atoms with Crippen LogP contribution in [0.4, 0.5) is 5.69 Å². The second kappa shape index (κ2) is 8.01. The number of nitro benzene ring substituents is 1. The van der Waals surface area contributed by atoms with Crippen LogP contribution in [-0.4, -0.2) is 59.9 Å². The number of fused-ring (bicyclic) bond motifs is 1. The summed E-state index contributed by atoms with van der Waals surface area (Å²) in [6, 6.07) is 11.1. The summed E-state index contributed by atoms with van der Waals surface area (Å²) in [6.45, 7) is 3.10. The third-order valence-corrected chi connectivity index (χ3v) is 8.61. The van der Waals surface area contributed by atoms with Crippen molar-refractivity contribution in [2.75, 3.05) is 26.2 Å². The van der Waals surface area contributed by atoms with Gasteiger partial charge in [0.1, 0.15) is 0 Å². The number of sulfonamides is 1. The van der Waals surface area contributed by atoms with Crippen molar-refractivity contribution in [1.82, 2.24) is 9.21 Å². The molecule has 2 heterocycles. The lowest BCUT2D eigenvalue weighted by atomic mass is 10.1.